The third-order valence-corrected chi connectivity index (χ3v) is 5.51. The molecule has 0 aliphatic carbocycles. The second-order valence-corrected chi connectivity index (χ2v) is 9.08. The van der Waals surface area contributed by atoms with Crippen LogP contribution in [0.2, 0.25) is 0 Å². The predicted molar refractivity (Wildman–Crippen MR) is 107 cm³/mol. The van der Waals surface area contributed by atoms with Gasteiger partial charge in [-0.2, -0.15) is 0 Å². The molecule has 134 valence electrons. The average Bonchev–Trinajstić information content (AvgIpc) is 2.94. The lowest BCUT2D eigenvalue weighted by atomic mass is 10.1. The second-order valence-electron chi connectivity index (χ2n) is 6.71. The van der Waals surface area contributed by atoms with Gasteiger partial charge in [0.2, 0.25) is 3.79 Å². The highest BCUT2D eigenvalue weighted by Crippen LogP contribution is 2.39. The van der Waals surface area contributed by atoms with Gasteiger partial charge < -0.3 is 0 Å². The lowest BCUT2D eigenvalue weighted by Gasteiger charge is -2.35. The Morgan fingerprint density at radius 1 is 0.800 bits per heavy atom. The Morgan fingerprint density at radius 2 is 1.20 bits per heavy atom. The molecule has 3 rings (SSSR count). The van der Waals surface area contributed by atoms with Crippen LogP contribution < -0.4 is 0 Å². The highest BCUT2D eigenvalue weighted by Gasteiger charge is 2.45. The lowest BCUT2D eigenvalue weighted by Crippen LogP contribution is -2.47. The van der Waals surface area contributed by atoms with Crippen molar-refractivity contribution in [3.05, 3.63) is 70.8 Å². The fourth-order valence-electron chi connectivity index (χ4n) is 3.49. The fourth-order valence-corrected chi connectivity index (χ4v) is 4.32. The van der Waals surface area contributed by atoms with Gasteiger partial charge in [-0.05, 0) is 36.1 Å². The van der Waals surface area contributed by atoms with Crippen LogP contribution in [0.25, 0.3) is 0 Å². The van der Waals surface area contributed by atoms with Crippen molar-refractivity contribution in [3.8, 4) is 0 Å². The van der Waals surface area contributed by atoms with Crippen LogP contribution in [0.5, 0.6) is 0 Å². The largest absolute Gasteiger partial charge is 0.279 e. The number of nitrogens with zero attached hydrogens (tertiary/aromatic N) is 2. The summed E-state index contributed by atoms with van der Waals surface area (Å²) in [6, 6.07) is 16.8. The molecule has 0 bridgehead atoms. The van der Waals surface area contributed by atoms with Crippen LogP contribution in [-0.2, 0) is 13.1 Å². The van der Waals surface area contributed by atoms with Crippen molar-refractivity contribution >= 4 is 34.8 Å². The molecular weight excluding hydrogens is 375 g/mol. The van der Waals surface area contributed by atoms with E-state index >= 15 is 0 Å². The first-order chi connectivity index (χ1) is 11.9. The van der Waals surface area contributed by atoms with Gasteiger partial charge in [0.25, 0.3) is 0 Å². The van der Waals surface area contributed by atoms with E-state index in [2.05, 4.69) is 72.2 Å². The number of rotatable bonds is 4. The number of aryl methyl sites for hydroxylation is 2. The number of hydrogen-bond acceptors (Lipinski definition) is 2. The summed E-state index contributed by atoms with van der Waals surface area (Å²) in [5.41, 5.74) is 5.09. The molecule has 2 nitrogen and oxygen atoms in total. The van der Waals surface area contributed by atoms with E-state index in [0.717, 1.165) is 26.2 Å². The zero-order valence-electron chi connectivity index (χ0n) is 14.6. The molecule has 0 radical (unpaired) electrons. The average molecular weight is 398 g/mol. The number of hydrogen-bond donors (Lipinski definition) is 0. The maximum atomic E-state index is 6.39. The van der Waals surface area contributed by atoms with Crippen molar-refractivity contribution in [2.45, 2.75) is 36.9 Å². The molecule has 2 aromatic rings. The van der Waals surface area contributed by atoms with Crippen LogP contribution in [-0.4, -0.2) is 32.8 Å². The molecule has 1 heterocycles. The molecule has 2 aromatic carbocycles. The van der Waals surface area contributed by atoms with Gasteiger partial charge in [-0.3, -0.25) is 9.80 Å². The Balaban J connectivity index is 1.81. The van der Waals surface area contributed by atoms with Crippen LogP contribution >= 0.6 is 34.8 Å². The van der Waals surface area contributed by atoms with Crippen LogP contribution in [0.4, 0.5) is 0 Å². The molecule has 0 saturated carbocycles. The zero-order chi connectivity index (χ0) is 18.0. The minimum atomic E-state index is -1.36. The van der Waals surface area contributed by atoms with Gasteiger partial charge in [-0.1, -0.05) is 83.3 Å². The van der Waals surface area contributed by atoms with Crippen molar-refractivity contribution in [2.24, 2.45) is 0 Å². The maximum Gasteiger partial charge on any atom is 0.218 e. The van der Waals surface area contributed by atoms with Gasteiger partial charge in [0, 0.05) is 26.2 Å². The van der Waals surface area contributed by atoms with Crippen LogP contribution in [0, 0.1) is 13.8 Å². The lowest BCUT2D eigenvalue weighted by molar-refractivity contribution is 0.127. The first kappa shape index (κ1) is 19.0. The smallest absolute Gasteiger partial charge is 0.218 e. The first-order valence-electron chi connectivity index (χ1n) is 8.50. The molecule has 0 spiro atoms. The summed E-state index contributed by atoms with van der Waals surface area (Å²) in [5, 5.41) is 0. The topological polar surface area (TPSA) is 6.48 Å². The SMILES string of the molecule is Cc1ccccc1CN1CCN(Cc2ccccc2C)C1C(Cl)(Cl)Cl. The number of alkyl halides is 3. The van der Waals surface area contributed by atoms with Gasteiger partial charge in [0.05, 0.1) is 0 Å². The molecule has 0 atom stereocenters. The Labute approximate surface area is 165 Å². The monoisotopic (exact) mass is 396 g/mol. The summed E-state index contributed by atoms with van der Waals surface area (Å²) < 4.78 is -1.36. The predicted octanol–water partition coefficient (Wildman–Crippen LogP) is 5.32. The van der Waals surface area contributed by atoms with E-state index in [9.17, 15) is 0 Å². The molecule has 25 heavy (non-hydrogen) atoms. The summed E-state index contributed by atoms with van der Waals surface area (Å²) in [5.74, 6) is 0. The standard InChI is InChI=1S/C20H23Cl3N2/c1-15-7-3-5-9-17(15)13-24-11-12-25(19(24)20(21,22)23)14-18-10-6-4-8-16(18)2/h3-10,19H,11-14H2,1-2H3. The van der Waals surface area contributed by atoms with Crippen molar-refractivity contribution in [1.82, 2.24) is 9.80 Å². The molecule has 0 amide bonds. The van der Waals surface area contributed by atoms with E-state index in [-0.39, 0.29) is 6.17 Å². The van der Waals surface area contributed by atoms with Crippen LogP contribution in [0.15, 0.2) is 48.5 Å². The van der Waals surface area contributed by atoms with Crippen molar-refractivity contribution in [3.63, 3.8) is 0 Å². The molecule has 0 unspecified atom stereocenters. The molecule has 1 aliphatic rings. The number of halogens is 3. The third-order valence-electron chi connectivity index (χ3n) is 4.93. The van der Waals surface area contributed by atoms with Crippen molar-refractivity contribution in [2.75, 3.05) is 13.1 Å². The van der Waals surface area contributed by atoms with Crippen molar-refractivity contribution < 1.29 is 0 Å². The highest BCUT2D eigenvalue weighted by molar-refractivity contribution is 6.68. The Morgan fingerprint density at radius 3 is 1.56 bits per heavy atom. The molecule has 1 fully saturated rings. The van der Waals surface area contributed by atoms with Crippen molar-refractivity contribution in [1.29, 1.82) is 0 Å². The van der Waals surface area contributed by atoms with Gasteiger partial charge in [-0.25, -0.2) is 0 Å². The Bertz CT molecular complexity index is 671. The summed E-state index contributed by atoms with van der Waals surface area (Å²) in [4.78, 5) is 4.54. The van der Waals surface area contributed by atoms with E-state index in [1.54, 1.807) is 0 Å². The van der Waals surface area contributed by atoms with Gasteiger partial charge in [0.15, 0.2) is 0 Å². The molecule has 5 heteroatoms. The Kier molecular flexibility index (Phi) is 5.97. The van der Waals surface area contributed by atoms with E-state index < -0.39 is 3.79 Å². The van der Waals surface area contributed by atoms with E-state index in [4.69, 9.17) is 34.8 Å². The molecule has 0 aromatic heterocycles. The molecular formula is C20H23Cl3N2. The third kappa shape index (κ3) is 4.50. The minimum Gasteiger partial charge on any atom is -0.279 e. The quantitative estimate of drug-likeness (QED) is 0.644. The van der Waals surface area contributed by atoms with Gasteiger partial charge in [0.1, 0.15) is 6.17 Å². The van der Waals surface area contributed by atoms with Crippen LogP contribution in [0.3, 0.4) is 0 Å². The summed E-state index contributed by atoms with van der Waals surface area (Å²) in [7, 11) is 0. The second kappa shape index (κ2) is 7.85. The molecule has 0 N–H and O–H groups in total. The van der Waals surface area contributed by atoms with Gasteiger partial charge in [-0.15, -0.1) is 0 Å². The fraction of sp³-hybridized carbons (Fsp3) is 0.400. The summed E-state index contributed by atoms with van der Waals surface area (Å²) in [6.45, 7) is 7.60. The highest BCUT2D eigenvalue weighted by atomic mass is 35.6. The summed E-state index contributed by atoms with van der Waals surface area (Å²) >= 11 is 19.2. The van der Waals surface area contributed by atoms with E-state index in [0.29, 0.717) is 0 Å². The summed E-state index contributed by atoms with van der Waals surface area (Å²) in [6.07, 6.45) is -0.239. The Hall–Kier alpha value is -0.770. The van der Waals surface area contributed by atoms with Gasteiger partial charge >= 0.3 is 0 Å². The normalized spacial score (nSPS) is 17.3. The number of benzene rings is 2. The minimum absolute atomic E-state index is 0.239. The van der Waals surface area contributed by atoms with Crippen LogP contribution in [0.1, 0.15) is 22.3 Å². The first-order valence-corrected chi connectivity index (χ1v) is 9.63. The van der Waals surface area contributed by atoms with E-state index in [1.807, 2.05) is 0 Å². The molecule has 1 aliphatic heterocycles. The van der Waals surface area contributed by atoms with E-state index in [1.165, 1.54) is 22.3 Å². The zero-order valence-corrected chi connectivity index (χ0v) is 16.8. The maximum absolute atomic E-state index is 6.39. The molecule has 1 saturated heterocycles.